The molecule has 0 amide bonds. The lowest BCUT2D eigenvalue weighted by Gasteiger charge is -2.21. The molecule has 3 aliphatic rings. The quantitative estimate of drug-likeness (QED) is 0.485. The fourth-order valence-electron chi connectivity index (χ4n) is 1.36. The molecular formula is C7H11O2. The molecule has 2 bridgehead atoms. The van der Waals surface area contributed by atoms with Crippen LogP contribution >= 0.6 is 0 Å². The molecule has 0 aromatic rings. The first kappa shape index (κ1) is 5.69. The smallest absolute Gasteiger partial charge is 0.123 e. The van der Waals surface area contributed by atoms with E-state index in [0.717, 1.165) is 32.2 Å². The number of hydrogen-bond acceptors (Lipinski definition) is 2. The van der Waals surface area contributed by atoms with Gasteiger partial charge in [-0.1, -0.05) is 0 Å². The van der Waals surface area contributed by atoms with E-state index in [2.05, 4.69) is 0 Å². The van der Waals surface area contributed by atoms with Crippen molar-refractivity contribution in [3.05, 3.63) is 6.10 Å². The van der Waals surface area contributed by atoms with E-state index in [1.54, 1.807) is 0 Å². The zero-order chi connectivity index (χ0) is 6.10. The molecule has 3 rings (SSSR count). The second-order valence-corrected chi connectivity index (χ2v) is 2.65. The number of fused-ring (bicyclic) bond motifs is 4. The monoisotopic (exact) mass is 127 g/mol. The molecule has 0 N–H and O–H groups in total. The number of rotatable bonds is 0. The molecule has 3 saturated heterocycles. The Bertz CT molecular complexity index is 77.6. The highest BCUT2D eigenvalue weighted by atomic mass is 16.5. The van der Waals surface area contributed by atoms with E-state index in [4.69, 9.17) is 9.47 Å². The molecule has 2 heteroatoms. The summed E-state index contributed by atoms with van der Waals surface area (Å²) in [4.78, 5) is 0. The fourth-order valence-corrected chi connectivity index (χ4v) is 1.36. The van der Waals surface area contributed by atoms with Crippen molar-refractivity contribution in [2.45, 2.75) is 25.4 Å². The van der Waals surface area contributed by atoms with E-state index >= 15 is 0 Å². The zero-order valence-electron chi connectivity index (χ0n) is 5.43. The van der Waals surface area contributed by atoms with Gasteiger partial charge in [-0.25, -0.2) is 0 Å². The van der Waals surface area contributed by atoms with Crippen molar-refractivity contribution in [2.24, 2.45) is 0 Å². The van der Waals surface area contributed by atoms with E-state index in [0.29, 0.717) is 6.10 Å². The third kappa shape index (κ3) is 1.10. The first-order valence-electron chi connectivity index (χ1n) is 3.54. The maximum atomic E-state index is 5.44. The Morgan fingerprint density at radius 2 is 2.33 bits per heavy atom. The SMILES string of the molecule is C1CC2CC[C](CO2)O1. The first-order chi connectivity index (χ1) is 4.45. The van der Waals surface area contributed by atoms with Gasteiger partial charge in [0, 0.05) is 0 Å². The molecule has 9 heavy (non-hydrogen) atoms. The van der Waals surface area contributed by atoms with Crippen molar-refractivity contribution in [3.63, 3.8) is 0 Å². The maximum Gasteiger partial charge on any atom is 0.123 e. The van der Waals surface area contributed by atoms with Gasteiger partial charge in [-0.2, -0.15) is 0 Å². The van der Waals surface area contributed by atoms with Crippen LogP contribution in [-0.2, 0) is 9.47 Å². The van der Waals surface area contributed by atoms with E-state index in [9.17, 15) is 0 Å². The molecule has 0 spiro atoms. The molecule has 2 nitrogen and oxygen atoms in total. The molecule has 3 heterocycles. The van der Waals surface area contributed by atoms with Gasteiger partial charge in [0.1, 0.15) is 6.10 Å². The predicted octanol–water partition coefficient (Wildman–Crippen LogP) is 1.12. The Hall–Kier alpha value is -0.0800. The largest absolute Gasteiger partial charge is 0.375 e. The van der Waals surface area contributed by atoms with Gasteiger partial charge in [-0.3, -0.25) is 0 Å². The Labute approximate surface area is 55.1 Å². The van der Waals surface area contributed by atoms with Crippen LogP contribution in [0.4, 0.5) is 0 Å². The molecular weight excluding hydrogens is 116 g/mol. The van der Waals surface area contributed by atoms with Crippen LogP contribution in [0.15, 0.2) is 0 Å². The van der Waals surface area contributed by atoms with Crippen LogP contribution in [0.25, 0.3) is 0 Å². The minimum atomic E-state index is 0.497. The Morgan fingerprint density at radius 1 is 1.33 bits per heavy atom. The molecule has 1 unspecified atom stereocenters. The van der Waals surface area contributed by atoms with Crippen molar-refractivity contribution in [3.8, 4) is 0 Å². The van der Waals surface area contributed by atoms with Crippen LogP contribution in [0.5, 0.6) is 0 Å². The van der Waals surface area contributed by atoms with Gasteiger partial charge in [0.15, 0.2) is 0 Å². The summed E-state index contributed by atoms with van der Waals surface area (Å²) in [5, 5.41) is 0. The summed E-state index contributed by atoms with van der Waals surface area (Å²) >= 11 is 0. The van der Waals surface area contributed by atoms with Gasteiger partial charge in [0.2, 0.25) is 0 Å². The molecule has 0 aromatic carbocycles. The van der Waals surface area contributed by atoms with Gasteiger partial charge in [0.25, 0.3) is 0 Å². The Kier molecular flexibility index (Phi) is 1.44. The lowest BCUT2D eigenvalue weighted by atomic mass is 10.1. The highest BCUT2D eigenvalue weighted by molar-refractivity contribution is 4.87. The van der Waals surface area contributed by atoms with Crippen molar-refractivity contribution in [1.82, 2.24) is 0 Å². The average Bonchev–Trinajstić information content (AvgIpc) is 2.21. The molecule has 3 aliphatic heterocycles. The molecule has 0 aromatic heterocycles. The second-order valence-electron chi connectivity index (χ2n) is 2.65. The normalized spacial score (nSPS) is 36.7. The van der Waals surface area contributed by atoms with Gasteiger partial charge in [-0.05, 0) is 19.3 Å². The summed E-state index contributed by atoms with van der Waals surface area (Å²) in [6, 6.07) is 0. The lowest BCUT2D eigenvalue weighted by Crippen LogP contribution is -2.20. The maximum absolute atomic E-state index is 5.44. The molecule has 3 fully saturated rings. The molecule has 0 aliphatic carbocycles. The molecule has 51 valence electrons. The summed E-state index contributed by atoms with van der Waals surface area (Å²) in [7, 11) is 0. The number of ether oxygens (including phenoxy) is 2. The van der Waals surface area contributed by atoms with Crippen LogP contribution in [0.2, 0.25) is 0 Å². The average molecular weight is 127 g/mol. The van der Waals surface area contributed by atoms with Crippen LogP contribution in [0.1, 0.15) is 19.3 Å². The summed E-state index contributed by atoms with van der Waals surface area (Å²) in [6.07, 6.45) is 5.05. The molecule has 1 atom stereocenters. The van der Waals surface area contributed by atoms with Gasteiger partial charge in [0.05, 0.1) is 19.3 Å². The van der Waals surface area contributed by atoms with E-state index in [1.165, 1.54) is 6.42 Å². The van der Waals surface area contributed by atoms with Crippen LogP contribution < -0.4 is 0 Å². The van der Waals surface area contributed by atoms with Crippen molar-refractivity contribution < 1.29 is 9.47 Å². The van der Waals surface area contributed by atoms with E-state index in [-0.39, 0.29) is 0 Å². The topological polar surface area (TPSA) is 18.5 Å². The highest BCUT2D eigenvalue weighted by Gasteiger charge is 2.26. The number of hydrogen-bond donors (Lipinski definition) is 0. The minimum absolute atomic E-state index is 0.497. The Morgan fingerprint density at radius 3 is 3.11 bits per heavy atom. The predicted molar refractivity (Wildman–Crippen MR) is 32.8 cm³/mol. The van der Waals surface area contributed by atoms with Crippen LogP contribution in [-0.4, -0.2) is 19.3 Å². The summed E-state index contributed by atoms with van der Waals surface area (Å²) in [6.45, 7) is 1.63. The summed E-state index contributed by atoms with van der Waals surface area (Å²) in [5.74, 6) is 0. The van der Waals surface area contributed by atoms with Crippen molar-refractivity contribution in [2.75, 3.05) is 13.2 Å². The standard InChI is InChI=1S/C7H11O2/c1-2-7-5-9-6(1)3-4-8-7/h6H,1-5H2. The van der Waals surface area contributed by atoms with Gasteiger partial charge >= 0.3 is 0 Å². The third-order valence-electron chi connectivity index (χ3n) is 1.97. The third-order valence-corrected chi connectivity index (χ3v) is 1.97. The summed E-state index contributed by atoms with van der Waals surface area (Å²) < 4.78 is 10.8. The van der Waals surface area contributed by atoms with Gasteiger partial charge in [-0.15, -0.1) is 0 Å². The molecule has 0 saturated carbocycles. The van der Waals surface area contributed by atoms with E-state index < -0.39 is 0 Å². The molecule has 1 radical (unpaired) electrons. The zero-order valence-corrected chi connectivity index (χ0v) is 5.43. The van der Waals surface area contributed by atoms with E-state index in [1.807, 2.05) is 0 Å². The summed E-state index contributed by atoms with van der Waals surface area (Å²) in [5.41, 5.74) is 0. The van der Waals surface area contributed by atoms with Gasteiger partial charge < -0.3 is 9.47 Å². The minimum Gasteiger partial charge on any atom is -0.375 e. The van der Waals surface area contributed by atoms with Crippen LogP contribution in [0.3, 0.4) is 0 Å². The van der Waals surface area contributed by atoms with Crippen LogP contribution in [0, 0.1) is 6.10 Å². The second kappa shape index (κ2) is 2.27. The van der Waals surface area contributed by atoms with Crippen molar-refractivity contribution >= 4 is 0 Å². The lowest BCUT2D eigenvalue weighted by molar-refractivity contribution is 0.0147. The fraction of sp³-hybridized carbons (Fsp3) is 0.857. The Balaban J connectivity index is 2.03. The highest BCUT2D eigenvalue weighted by Crippen LogP contribution is 2.27. The van der Waals surface area contributed by atoms with Crippen molar-refractivity contribution in [1.29, 1.82) is 0 Å². The first-order valence-corrected chi connectivity index (χ1v) is 3.54.